The molecule has 2 aromatic rings. The van der Waals surface area contributed by atoms with Crippen molar-refractivity contribution in [1.82, 2.24) is 4.72 Å². The van der Waals surface area contributed by atoms with Crippen LogP contribution in [0.2, 0.25) is 0 Å². The molecule has 0 spiro atoms. The van der Waals surface area contributed by atoms with E-state index in [2.05, 4.69) is 11.6 Å². The Bertz CT molecular complexity index is 740. The second-order valence-corrected chi connectivity index (χ2v) is 6.73. The van der Waals surface area contributed by atoms with Crippen LogP contribution in [0.15, 0.2) is 47.4 Å². The molecular weight excluding hydrogens is 284 g/mol. The molecule has 0 radical (unpaired) electrons. The maximum Gasteiger partial charge on any atom is 0.240 e. The molecule has 4 nitrogen and oxygen atoms in total. The van der Waals surface area contributed by atoms with Crippen LogP contribution in [-0.4, -0.2) is 8.42 Å². The summed E-state index contributed by atoms with van der Waals surface area (Å²) in [7, 11) is -3.53. The lowest BCUT2D eigenvalue weighted by Crippen LogP contribution is -2.24. The largest absolute Gasteiger partial charge is 0.399 e. The topological polar surface area (TPSA) is 72.2 Å². The van der Waals surface area contributed by atoms with Gasteiger partial charge in [0.25, 0.3) is 0 Å². The first kappa shape index (κ1) is 15.5. The summed E-state index contributed by atoms with van der Waals surface area (Å²) in [6.07, 6.45) is 0.874. The first-order valence-electron chi connectivity index (χ1n) is 6.86. The van der Waals surface area contributed by atoms with Gasteiger partial charge in [-0.15, -0.1) is 0 Å². The Morgan fingerprint density at radius 1 is 1.10 bits per heavy atom. The molecule has 5 heteroatoms. The summed E-state index contributed by atoms with van der Waals surface area (Å²) in [6.45, 7) is 4.13. The van der Waals surface area contributed by atoms with Gasteiger partial charge in [-0.2, -0.15) is 0 Å². The van der Waals surface area contributed by atoms with Crippen LogP contribution in [0.25, 0.3) is 0 Å². The minimum Gasteiger partial charge on any atom is -0.399 e. The maximum absolute atomic E-state index is 12.3. The number of anilines is 1. The van der Waals surface area contributed by atoms with Crippen LogP contribution >= 0.6 is 0 Å². The zero-order chi connectivity index (χ0) is 15.5. The van der Waals surface area contributed by atoms with Crippen molar-refractivity contribution in [2.45, 2.75) is 31.7 Å². The molecule has 112 valence electrons. The predicted molar refractivity (Wildman–Crippen MR) is 85.4 cm³/mol. The van der Waals surface area contributed by atoms with Crippen molar-refractivity contribution in [2.24, 2.45) is 0 Å². The van der Waals surface area contributed by atoms with Crippen molar-refractivity contribution < 1.29 is 8.42 Å². The van der Waals surface area contributed by atoms with Crippen LogP contribution in [0.5, 0.6) is 0 Å². The second kappa shape index (κ2) is 6.28. The molecule has 3 N–H and O–H groups in total. The zero-order valence-electron chi connectivity index (χ0n) is 12.3. The van der Waals surface area contributed by atoms with Gasteiger partial charge in [-0.25, -0.2) is 13.1 Å². The molecule has 0 bridgehead atoms. The van der Waals surface area contributed by atoms with Gasteiger partial charge in [-0.05, 0) is 48.2 Å². The summed E-state index contributed by atoms with van der Waals surface area (Å²) in [5, 5.41) is 0. The van der Waals surface area contributed by atoms with E-state index < -0.39 is 10.0 Å². The molecule has 2 rings (SSSR count). The molecule has 0 fully saturated rings. The monoisotopic (exact) mass is 304 g/mol. The fraction of sp³-hybridized carbons (Fsp3) is 0.250. The molecule has 0 aliphatic rings. The molecule has 21 heavy (non-hydrogen) atoms. The number of rotatable bonds is 5. The average molecular weight is 304 g/mol. The van der Waals surface area contributed by atoms with Crippen molar-refractivity contribution in [2.75, 3.05) is 5.73 Å². The molecule has 0 amide bonds. The van der Waals surface area contributed by atoms with E-state index in [0.29, 0.717) is 5.69 Å². The fourth-order valence-corrected chi connectivity index (χ4v) is 3.24. The van der Waals surface area contributed by atoms with Crippen molar-refractivity contribution in [3.05, 3.63) is 59.2 Å². The Labute approximate surface area is 126 Å². The van der Waals surface area contributed by atoms with Crippen LogP contribution in [0.1, 0.15) is 23.6 Å². The highest BCUT2D eigenvalue weighted by Gasteiger charge is 2.15. The number of sulfonamides is 1. The number of benzene rings is 2. The van der Waals surface area contributed by atoms with Gasteiger partial charge < -0.3 is 5.73 Å². The highest BCUT2D eigenvalue weighted by atomic mass is 32.2. The molecule has 0 aliphatic carbocycles. The molecule has 0 atom stereocenters. The minimum atomic E-state index is -3.53. The van der Waals surface area contributed by atoms with Gasteiger partial charge in [-0.1, -0.05) is 31.2 Å². The summed E-state index contributed by atoms with van der Waals surface area (Å²) in [5.74, 6) is 0. The zero-order valence-corrected chi connectivity index (χ0v) is 13.1. The summed E-state index contributed by atoms with van der Waals surface area (Å²) in [6, 6.07) is 12.5. The van der Waals surface area contributed by atoms with Crippen molar-refractivity contribution >= 4 is 15.7 Å². The summed E-state index contributed by atoms with van der Waals surface area (Å²) in [5.41, 5.74) is 9.21. The Morgan fingerprint density at radius 2 is 1.76 bits per heavy atom. The second-order valence-electron chi connectivity index (χ2n) is 4.97. The number of hydrogen-bond acceptors (Lipinski definition) is 3. The third kappa shape index (κ3) is 3.62. The third-order valence-electron chi connectivity index (χ3n) is 3.50. The highest BCUT2D eigenvalue weighted by Crippen LogP contribution is 2.17. The predicted octanol–water partition coefficient (Wildman–Crippen LogP) is 2.62. The summed E-state index contributed by atoms with van der Waals surface area (Å²) >= 11 is 0. The van der Waals surface area contributed by atoms with E-state index in [4.69, 9.17) is 5.73 Å². The lowest BCUT2D eigenvalue weighted by Gasteiger charge is -2.11. The Balaban J connectivity index is 2.20. The van der Waals surface area contributed by atoms with Crippen molar-refractivity contribution in [1.29, 1.82) is 0 Å². The first-order chi connectivity index (χ1) is 9.94. The Morgan fingerprint density at radius 3 is 2.38 bits per heavy atom. The normalized spacial score (nSPS) is 11.5. The quantitative estimate of drug-likeness (QED) is 0.834. The van der Waals surface area contributed by atoms with Crippen LogP contribution < -0.4 is 10.5 Å². The standard InChI is InChI=1S/C16H20N2O2S/c1-3-13-6-4-5-7-14(13)11-18-21(19,20)15-8-9-16(17)12(2)10-15/h4-10,18H,3,11,17H2,1-2H3. The van der Waals surface area contributed by atoms with Gasteiger partial charge in [0.15, 0.2) is 0 Å². The number of nitrogen functional groups attached to an aromatic ring is 1. The van der Waals surface area contributed by atoms with E-state index in [0.717, 1.165) is 23.1 Å². The van der Waals surface area contributed by atoms with Gasteiger partial charge >= 0.3 is 0 Å². The Kier molecular flexibility index (Phi) is 4.65. The number of hydrogen-bond donors (Lipinski definition) is 2. The van der Waals surface area contributed by atoms with Crippen molar-refractivity contribution in [3.63, 3.8) is 0 Å². The lowest BCUT2D eigenvalue weighted by molar-refractivity contribution is 0.581. The van der Waals surface area contributed by atoms with E-state index in [9.17, 15) is 8.42 Å². The van der Waals surface area contributed by atoms with Crippen LogP contribution in [0, 0.1) is 6.92 Å². The van der Waals surface area contributed by atoms with Crippen molar-refractivity contribution in [3.8, 4) is 0 Å². The van der Waals surface area contributed by atoms with Gasteiger partial charge in [0.05, 0.1) is 4.90 Å². The van der Waals surface area contributed by atoms with E-state index >= 15 is 0 Å². The van der Waals surface area contributed by atoms with Crippen LogP contribution in [0.4, 0.5) is 5.69 Å². The maximum atomic E-state index is 12.3. The molecular formula is C16H20N2O2S. The fourth-order valence-electron chi connectivity index (χ4n) is 2.15. The summed E-state index contributed by atoms with van der Waals surface area (Å²) < 4.78 is 27.3. The number of aryl methyl sites for hydroxylation is 2. The number of nitrogens with one attached hydrogen (secondary N) is 1. The molecule has 0 aromatic heterocycles. The van der Waals surface area contributed by atoms with Crippen LogP contribution in [-0.2, 0) is 23.0 Å². The molecule has 0 aliphatic heterocycles. The highest BCUT2D eigenvalue weighted by molar-refractivity contribution is 7.89. The van der Waals surface area contributed by atoms with Gasteiger partial charge in [-0.3, -0.25) is 0 Å². The molecule has 0 heterocycles. The van der Waals surface area contributed by atoms with E-state index in [1.807, 2.05) is 24.3 Å². The van der Waals surface area contributed by atoms with Gasteiger partial charge in [0.1, 0.15) is 0 Å². The SMILES string of the molecule is CCc1ccccc1CNS(=O)(=O)c1ccc(N)c(C)c1. The average Bonchev–Trinajstić information content (AvgIpc) is 2.48. The minimum absolute atomic E-state index is 0.239. The lowest BCUT2D eigenvalue weighted by atomic mass is 10.1. The van der Waals surface area contributed by atoms with E-state index in [1.54, 1.807) is 19.1 Å². The van der Waals surface area contributed by atoms with E-state index in [-0.39, 0.29) is 11.4 Å². The first-order valence-corrected chi connectivity index (χ1v) is 8.35. The molecule has 0 saturated heterocycles. The Hall–Kier alpha value is -1.85. The molecule has 0 unspecified atom stereocenters. The third-order valence-corrected chi connectivity index (χ3v) is 4.90. The number of nitrogens with two attached hydrogens (primary N) is 1. The molecule has 0 saturated carbocycles. The van der Waals surface area contributed by atoms with Gasteiger partial charge in [0, 0.05) is 12.2 Å². The van der Waals surface area contributed by atoms with E-state index in [1.165, 1.54) is 6.07 Å². The summed E-state index contributed by atoms with van der Waals surface area (Å²) in [4.78, 5) is 0.239. The molecule has 2 aromatic carbocycles. The van der Waals surface area contributed by atoms with Crippen LogP contribution in [0.3, 0.4) is 0 Å². The smallest absolute Gasteiger partial charge is 0.240 e. The van der Waals surface area contributed by atoms with Gasteiger partial charge in [0.2, 0.25) is 10.0 Å².